The molecule has 0 saturated heterocycles. The van der Waals surface area contributed by atoms with Crippen LogP contribution < -0.4 is 15.5 Å². The van der Waals surface area contributed by atoms with Crippen molar-refractivity contribution < 1.29 is 4.39 Å². The van der Waals surface area contributed by atoms with Gasteiger partial charge in [-0.05, 0) is 54.7 Å². The predicted molar refractivity (Wildman–Crippen MR) is 87.0 cm³/mol. The molecule has 5 heteroatoms. The highest BCUT2D eigenvalue weighted by molar-refractivity contribution is 7.80. The number of halogens is 1. The minimum Gasteiger partial charge on any atom is -0.378 e. The van der Waals surface area contributed by atoms with E-state index in [1.165, 1.54) is 12.1 Å². The van der Waals surface area contributed by atoms with Gasteiger partial charge in [0.05, 0.1) is 0 Å². The molecule has 104 valence electrons. The zero-order valence-corrected chi connectivity index (χ0v) is 12.2. The van der Waals surface area contributed by atoms with Crippen LogP contribution in [-0.2, 0) is 0 Å². The molecule has 0 aliphatic heterocycles. The summed E-state index contributed by atoms with van der Waals surface area (Å²) in [5.74, 6) is -0.298. The summed E-state index contributed by atoms with van der Waals surface area (Å²) in [7, 11) is 3.97. The summed E-state index contributed by atoms with van der Waals surface area (Å²) in [5, 5.41) is 6.42. The van der Waals surface area contributed by atoms with Crippen LogP contribution in [0.25, 0.3) is 0 Å². The van der Waals surface area contributed by atoms with E-state index >= 15 is 0 Å². The van der Waals surface area contributed by atoms with Crippen LogP contribution in [0.2, 0.25) is 0 Å². The number of nitrogens with one attached hydrogen (secondary N) is 2. The number of benzene rings is 2. The van der Waals surface area contributed by atoms with E-state index in [0.717, 1.165) is 11.4 Å². The van der Waals surface area contributed by atoms with Gasteiger partial charge in [0.25, 0.3) is 0 Å². The van der Waals surface area contributed by atoms with Gasteiger partial charge in [-0.2, -0.15) is 0 Å². The van der Waals surface area contributed by atoms with Crippen LogP contribution in [0.3, 0.4) is 0 Å². The number of thiocarbonyl (C=S) groups is 1. The topological polar surface area (TPSA) is 27.3 Å². The van der Waals surface area contributed by atoms with Gasteiger partial charge in [0.2, 0.25) is 0 Å². The average molecular weight is 289 g/mol. The van der Waals surface area contributed by atoms with Crippen molar-refractivity contribution in [1.82, 2.24) is 0 Å². The van der Waals surface area contributed by atoms with Crippen molar-refractivity contribution in [2.24, 2.45) is 0 Å². The van der Waals surface area contributed by atoms with Crippen molar-refractivity contribution in [1.29, 1.82) is 0 Å². The molecule has 0 spiro atoms. The van der Waals surface area contributed by atoms with Crippen molar-refractivity contribution in [3.63, 3.8) is 0 Å². The quantitative estimate of drug-likeness (QED) is 0.843. The summed E-state index contributed by atoms with van der Waals surface area (Å²) in [6.07, 6.45) is 0. The fourth-order valence-corrected chi connectivity index (χ4v) is 1.94. The zero-order valence-electron chi connectivity index (χ0n) is 11.4. The fourth-order valence-electron chi connectivity index (χ4n) is 1.70. The molecule has 0 aromatic heterocycles. The number of rotatable bonds is 3. The standard InChI is InChI=1S/C15H16FN3S/c1-19(2)14-8-6-12(7-9-14)17-15(20)18-13-5-3-4-11(16)10-13/h3-10H,1-2H3,(H2,17,18,20). The van der Waals surface area contributed by atoms with Gasteiger partial charge in [-0.25, -0.2) is 4.39 Å². The Bertz CT molecular complexity index is 596. The van der Waals surface area contributed by atoms with Crippen molar-refractivity contribution in [2.45, 2.75) is 0 Å². The van der Waals surface area contributed by atoms with Crippen molar-refractivity contribution in [3.05, 3.63) is 54.3 Å². The first-order chi connectivity index (χ1) is 9.54. The van der Waals surface area contributed by atoms with E-state index < -0.39 is 0 Å². The Morgan fingerprint density at radius 2 is 1.65 bits per heavy atom. The third-order valence-corrected chi connectivity index (χ3v) is 2.93. The highest BCUT2D eigenvalue weighted by atomic mass is 32.1. The molecule has 3 nitrogen and oxygen atoms in total. The Labute approximate surface area is 123 Å². The number of nitrogens with zero attached hydrogens (tertiary/aromatic N) is 1. The molecule has 0 aliphatic carbocycles. The Balaban J connectivity index is 1.97. The van der Waals surface area contributed by atoms with E-state index in [9.17, 15) is 4.39 Å². The van der Waals surface area contributed by atoms with Crippen LogP contribution in [0.5, 0.6) is 0 Å². The molecule has 0 aliphatic rings. The number of hydrogen-bond acceptors (Lipinski definition) is 2. The SMILES string of the molecule is CN(C)c1ccc(NC(=S)Nc2cccc(F)c2)cc1. The highest BCUT2D eigenvalue weighted by Crippen LogP contribution is 2.16. The Kier molecular flexibility index (Phi) is 4.53. The lowest BCUT2D eigenvalue weighted by Gasteiger charge is -2.14. The second-order valence-electron chi connectivity index (χ2n) is 4.53. The zero-order chi connectivity index (χ0) is 14.5. The Hall–Kier alpha value is -2.14. The molecule has 2 N–H and O–H groups in total. The average Bonchev–Trinajstić information content (AvgIpc) is 2.39. The largest absolute Gasteiger partial charge is 0.378 e. The first-order valence-electron chi connectivity index (χ1n) is 6.15. The summed E-state index contributed by atoms with van der Waals surface area (Å²) in [6.45, 7) is 0. The van der Waals surface area contributed by atoms with Gasteiger partial charge in [-0.1, -0.05) is 6.07 Å². The van der Waals surface area contributed by atoms with E-state index in [-0.39, 0.29) is 5.82 Å². The molecule has 0 unspecified atom stereocenters. The van der Waals surface area contributed by atoms with Crippen molar-refractivity contribution in [3.8, 4) is 0 Å². The van der Waals surface area contributed by atoms with Gasteiger partial charge in [-0.15, -0.1) is 0 Å². The molecular weight excluding hydrogens is 273 g/mol. The van der Waals surface area contributed by atoms with E-state index in [4.69, 9.17) is 12.2 Å². The monoisotopic (exact) mass is 289 g/mol. The minimum absolute atomic E-state index is 0.298. The van der Waals surface area contributed by atoms with Gasteiger partial charge in [0.15, 0.2) is 5.11 Å². The summed E-state index contributed by atoms with van der Waals surface area (Å²) < 4.78 is 13.1. The van der Waals surface area contributed by atoms with Crippen LogP contribution in [0.1, 0.15) is 0 Å². The maximum Gasteiger partial charge on any atom is 0.175 e. The lowest BCUT2D eigenvalue weighted by Crippen LogP contribution is -2.19. The van der Waals surface area contributed by atoms with Crippen LogP contribution in [0.15, 0.2) is 48.5 Å². The minimum atomic E-state index is -0.298. The Morgan fingerprint density at radius 3 is 2.25 bits per heavy atom. The summed E-state index contributed by atoms with van der Waals surface area (Å²) >= 11 is 5.19. The maximum absolute atomic E-state index is 13.1. The second kappa shape index (κ2) is 6.34. The second-order valence-corrected chi connectivity index (χ2v) is 4.94. The lowest BCUT2D eigenvalue weighted by atomic mass is 10.2. The molecule has 2 aromatic rings. The molecule has 0 fully saturated rings. The van der Waals surface area contributed by atoms with Crippen molar-refractivity contribution in [2.75, 3.05) is 29.6 Å². The Morgan fingerprint density at radius 1 is 1.00 bits per heavy atom. The normalized spacial score (nSPS) is 9.95. The van der Waals surface area contributed by atoms with Gasteiger partial charge < -0.3 is 15.5 Å². The van der Waals surface area contributed by atoms with Crippen molar-refractivity contribution >= 4 is 34.4 Å². The number of anilines is 3. The molecule has 0 amide bonds. The van der Waals surface area contributed by atoms with Gasteiger partial charge in [-0.3, -0.25) is 0 Å². The lowest BCUT2D eigenvalue weighted by molar-refractivity contribution is 0.628. The maximum atomic E-state index is 13.1. The molecular formula is C15H16FN3S. The molecule has 0 bridgehead atoms. The van der Waals surface area contributed by atoms with E-state index in [2.05, 4.69) is 10.6 Å². The smallest absolute Gasteiger partial charge is 0.175 e. The van der Waals surface area contributed by atoms with Crippen LogP contribution >= 0.6 is 12.2 Å². The summed E-state index contributed by atoms with van der Waals surface area (Å²) in [5.41, 5.74) is 2.61. The van der Waals surface area contributed by atoms with E-state index in [1.54, 1.807) is 12.1 Å². The van der Waals surface area contributed by atoms with Gasteiger partial charge in [0.1, 0.15) is 5.82 Å². The summed E-state index contributed by atoms with van der Waals surface area (Å²) in [4.78, 5) is 2.02. The molecule has 2 aromatic carbocycles. The van der Waals surface area contributed by atoms with Gasteiger partial charge >= 0.3 is 0 Å². The first-order valence-corrected chi connectivity index (χ1v) is 6.56. The third-order valence-electron chi connectivity index (χ3n) is 2.72. The van der Waals surface area contributed by atoms with E-state index in [0.29, 0.717) is 10.8 Å². The molecule has 20 heavy (non-hydrogen) atoms. The van der Waals surface area contributed by atoms with Crippen LogP contribution in [0.4, 0.5) is 21.5 Å². The molecule has 0 heterocycles. The third kappa shape index (κ3) is 3.93. The summed E-state index contributed by atoms with van der Waals surface area (Å²) in [6, 6.07) is 14.0. The molecule has 2 rings (SSSR count). The number of hydrogen-bond donors (Lipinski definition) is 2. The molecule has 0 atom stereocenters. The van der Waals surface area contributed by atoms with E-state index in [1.807, 2.05) is 43.3 Å². The van der Waals surface area contributed by atoms with Crippen LogP contribution in [0, 0.1) is 5.82 Å². The predicted octanol–water partition coefficient (Wildman–Crippen LogP) is 3.70. The first kappa shape index (κ1) is 14.3. The highest BCUT2D eigenvalue weighted by Gasteiger charge is 2.01. The van der Waals surface area contributed by atoms with Gasteiger partial charge in [0, 0.05) is 31.2 Å². The molecule has 0 radical (unpaired) electrons. The van der Waals surface area contributed by atoms with Crippen LogP contribution in [-0.4, -0.2) is 19.2 Å². The fraction of sp³-hybridized carbons (Fsp3) is 0.133. The molecule has 0 saturated carbocycles.